The molecule has 0 aromatic heterocycles. The molecule has 0 amide bonds. The van der Waals surface area contributed by atoms with Crippen molar-refractivity contribution in [2.45, 2.75) is 19.3 Å². The SMILES string of the molecule is COc1cc([C@@H](C)CC(=O)O)ccc1F. The van der Waals surface area contributed by atoms with E-state index in [0.717, 1.165) is 5.56 Å². The first kappa shape index (κ1) is 11.5. The van der Waals surface area contributed by atoms with Crippen LogP contribution in [0.5, 0.6) is 5.75 Å². The highest BCUT2D eigenvalue weighted by molar-refractivity contribution is 5.68. The average molecular weight is 212 g/mol. The lowest BCUT2D eigenvalue weighted by molar-refractivity contribution is -0.137. The number of carbonyl (C=O) groups is 1. The maximum atomic E-state index is 13.1. The van der Waals surface area contributed by atoms with E-state index in [-0.39, 0.29) is 18.1 Å². The number of aliphatic carboxylic acids is 1. The number of ether oxygens (including phenoxy) is 1. The van der Waals surface area contributed by atoms with Gasteiger partial charge < -0.3 is 9.84 Å². The maximum Gasteiger partial charge on any atom is 0.303 e. The topological polar surface area (TPSA) is 46.5 Å². The summed E-state index contributed by atoms with van der Waals surface area (Å²) in [6, 6.07) is 4.39. The van der Waals surface area contributed by atoms with Crippen LogP contribution in [0.4, 0.5) is 4.39 Å². The highest BCUT2D eigenvalue weighted by Gasteiger charge is 2.12. The summed E-state index contributed by atoms with van der Waals surface area (Å²) in [6.45, 7) is 1.78. The summed E-state index contributed by atoms with van der Waals surface area (Å²) in [5.41, 5.74) is 0.760. The third kappa shape index (κ3) is 2.94. The monoisotopic (exact) mass is 212 g/mol. The fraction of sp³-hybridized carbons (Fsp3) is 0.364. The molecule has 4 heteroatoms. The second-order valence-corrected chi connectivity index (χ2v) is 3.39. The van der Waals surface area contributed by atoms with Crippen molar-refractivity contribution in [3.8, 4) is 5.75 Å². The molecule has 0 saturated heterocycles. The number of hydrogen-bond acceptors (Lipinski definition) is 2. The summed E-state index contributed by atoms with van der Waals surface area (Å²) in [6.07, 6.45) is 0.0226. The molecule has 0 heterocycles. The quantitative estimate of drug-likeness (QED) is 0.833. The molecule has 1 rings (SSSR count). The van der Waals surface area contributed by atoms with Crippen LogP contribution in [0.1, 0.15) is 24.8 Å². The Kier molecular flexibility index (Phi) is 3.66. The van der Waals surface area contributed by atoms with Crippen LogP contribution in [0.3, 0.4) is 0 Å². The summed E-state index contributed by atoms with van der Waals surface area (Å²) in [7, 11) is 1.38. The molecule has 0 aliphatic rings. The molecule has 0 aliphatic heterocycles. The molecule has 0 spiro atoms. The fourth-order valence-electron chi connectivity index (χ4n) is 1.36. The Morgan fingerprint density at radius 1 is 1.60 bits per heavy atom. The predicted octanol–water partition coefficient (Wildman–Crippen LogP) is 2.41. The first-order valence-corrected chi connectivity index (χ1v) is 4.59. The van der Waals surface area contributed by atoms with E-state index in [1.807, 2.05) is 0 Å². The first-order chi connectivity index (χ1) is 7.04. The van der Waals surface area contributed by atoms with Gasteiger partial charge in [0, 0.05) is 0 Å². The van der Waals surface area contributed by atoms with Crippen LogP contribution in [-0.2, 0) is 4.79 Å². The average Bonchev–Trinajstić information content (AvgIpc) is 2.17. The van der Waals surface area contributed by atoms with Crippen LogP contribution in [0.25, 0.3) is 0 Å². The van der Waals surface area contributed by atoms with Gasteiger partial charge >= 0.3 is 5.97 Å². The lowest BCUT2D eigenvalue weighted by Gasteiger charge is -2.10. The lowest BCUT2D eigenvalue weighted by Crippen LogP contribution is -2.03. The molecule has 1 N–H and O–H groups in total. The Morgan fingerprint density at radius 2 is 2.27 bits per heavy atom. The van der Waals surface area contributed by atoms with Gasteiger partial charge in [-0.2, -0.15) is 0 Å². The standard InChI is InChI=1S/C11H13FO3/c1-7(5-11(13)14)8-3-4-9(12)10(6-8)15-2/h3-4,6-7H,5H2,1-2H3,(H,13,14)/t7-/m0/s1. The van der Waals surface area contributed by atoms with Gasteiger partial charge in [-0.3, -0.25) is 4.79 Å². The summed E-state index contributed by atoms with van der Waals surface area (Å²) < 4.78 is 17.9. The van der Waals surface area contributed by atoms with E-state index in [1.54, 1.807) is 13.0 Å². The van der Waals surface area contributed by atoms with Gasteiger partial charge in [-0.15, -0.1) is 0 Å². The minimum Gasteiger partial charge on any atom is -0.494 e. The highest BCUT2D eigenvalue weighted by atomic mass is 19.1. The molecule has 1 atom stereocenters. The Bertz CT molecular complexity index is 363. The van der Waals surface area contributed by atoms with Crippen LogP contribution in [0, 0.1) is 5.82 Å². The zero-order chi connectivity index (χ0) is 11.4. The van der Waals surface area contributed by atoms with Gasteiger partial charge in [-0.25, -0.2) is 4.39 Å². The van der Waals surface area contributed by atoms with Crippen LogP contribution in [-0.4, -0.2) is 18.2 Å². The van der Waals surface area contributed by atoms with Crippen molar-refractivity contribution in [1.82, 2.24) is 0 Å². The van der Waals surface area contributed by atoms with Crippen molar-refractivity contribution in [2.24, 2.45) is 0 Å². The number of benzene rings is 1. The van der Waals surface area contributed by atoms with E-state index in [4.69, 9.17) is 9.84 Å². The van der Waals surface area contributed by atoms with Crippen molar-refractivity contribution in [1.29, 1.82) is 0 Å². The molecular weight excluding hydrogens is 199 g/mol. The van der Waals surface area contributed by atoms with E-state index < -0.39 is 11.8 Å². The van der Waals surface area contributed by atoms with Crippen molar-refractivity contribution in [3.63, 3.8) is 0 Å². The van der Waals surface area contributed by atoms with Crippen molar-refractivity contribution >= 4 is 5.97 Å². The smallest absolute Gasteiger partial charge is 0.303 e. The number of hydrogen-bond donors (Lipinski definition) is 1. The number of rotatable bonds is 4. The van der Waals surface area contributed by atoms with Gasteiger partial charge in [0.15, 0.2) is 11.6 Å². The van der Waals surface area contributed by atoms with Gasteiger partial charge in [0.1, 0.15) is 0 Å². The van der Waals surface area contributed by atoms with E-state index in [9.17, 15) is 9.18 Å². The zero-order valence-electron chi connectivity index (χ0n) is 8.66. The van der Waals surface area contributed by atoms with E-state index in [1.165, 1.54) is 19.2 Å². The molecule has 82 valence electrons. The molecule has 1 aromatic rings. The minimum atomic E-state index is -0.870. The van der Waals surface area contributed by atoms with Gasteiger partial charge in [0.05, 0.1) is 13.5 Å². The third-order valence-electron chi connectivity index (χ3n) is 2.23. The van der Waals surface area contributed by atoms with Gasteiger partial charge in [0.2, 0.25) is 0 Å². The molecular formula is C11H13FO3. The maximum absolute atomic E-state index is 13.1. The Hall–Kier alpha value is -1.58. The third-order valence-corrected chi connectivity index (χ3v) is 2.23. The number of methoxy groups -OCH3 is 1. The summed E-state index contributed by atoms with van der Waals surface area (Å²) in [5.74, 6) is -1.32. The molecule has 0 radical (unpaired) electrons. The van der Waals surface area contributed by atoms with Crippen molar-refractivity contribution < 1.29 is 19.0 Å². The highest BCUT2D eigenvalue weighted by Crippen LogP contribution is 2.25. The molecule has 0 bridgehead atoms. The summed E-state index contributed by atoms with van der Waals surface area (Å²) in [5, 5.41) is 8.62. The second kappa shape index (κ2) is 4.77. The molecule has 0 saturated carbocycles. The fourth-order valence-corrected chi connectivity index (χ4v) is 1.36. The number of halogens is 1. The molecule has 0 unspecified atom stereocenters. The van der Waals surface area contributed by atoms with E-state index in [2.05, 4.69) is 0 Å². The number of carboxylic acids is 1. The largest absolute Gasteiger partial charge is 0.494 e. The second-order valence-electron chi connectivity index (χ2n) is 3.39. The molecule has 15 heavy (non-hydrogen) atoms. The van der Waals surface area contributed by atoms with Gasteiger partial charge in [-0.05, 0) is 23.6 Å². The predicted molar refractivity (Wildman–Crippen MR) is 53.6 cm³/mol. The lowest BCUT2D eigenvalue weighted by atomic mass is 9.98. The minimum absolute atomic E-state index is 0.0226. The first-order valence-electron chi connectivity index (χ1n) is 4.59. The molecule has 3 nitrogen and oxygen atoms in total. The Morgan fingerprint density at radius 3 is 2.80 bits per heavy atom. The molecule has 1 aromatic carbocycles. The Balaban J connectivity index is 2.90. The summed E-state index contributed by atoms with van der Waals surface area (Å²) in [4.78, 5) is 10.5. The van der Waals surface area contributed by atoms with E-state index >= 15 is 0 Å². The number of carboxylic acid groups (broad SMARTS) is 1. The van der Waals surface area contributed by atoms with Gasteiger partial charge in [-0.1, -0.05) is 13.0 Å². The normalized spacial score (nSPS) is 12.2. The molecule has 0 fully saturated rings. The molecule has 0 aliphatic carbocycles. The Labute approximate surface area is 87.5 Å². The van der Waals surface area contributed by atoms with Crippen LogP contribution in [0.15, 0.2) is 18.2 Å². The van der Waals surface area contributed by atoms with Crippen LogP contribution in [0.2, 0.25) is 0 Å². The van der Waals surface area contributed by atoms with Crippen LogP contribution >= 0.6 is 0 Å². The van der Waals surface area contributed by atoms with Crippen molar-refractivity contribution in [2.75, 3.05) is 7.11 Å². The summed E-state index contributed by atoms with van der Waals surface area (Å²) >= 11 is 0. The van der Waals surface area contributed by atoms with E-state index in [0.29, 0.717) is 0 Å². The zero-order valence-corrected chi connectivity index (χ0v) is 8.66. The van der Waals surface area contributed by atoms with Gasteiger partial charge in [0.25, 0.3) is 0 Å². The van der Waals surface area contributed by atoms with Crippen molar-refractivity contribution in [3.05, 3.63) is 29.6 Å². The van der Waals surface area contributed by atoms with Crippen LogP contribution < -0.4 is 4.74 Å².